The highest BCUT2D eigenvalue weighted by molar-refractivity contribution is 5.89. The first-order valence-electron chi connectivity index (χ1n) is 7.44. The van der Waals surface area contributed by atoms with Gasteiger partial charge in [-0.2, -0.15) is 0 Å². The van der Waals surface area contributed by atoms with E-state index < -0.39 is 0 Å². The molecule has 1 aliphatic carbocycles. The van der Waals surface area contributed by atoms with E-state index in [2.05, 4.69) is 22.8 Å². The molecule has 0 bridgehead atoms. The van der Waals surface area contributed by atoms with Crippen LogP contribution < -0.4 is 10.6 Å². The Morgan fingerprint density at radius 1 is 1.26 bits per heavy atom. The minimum atomic E-state index is -0.109. The largest absolute Gasteiger partial charge is 0.338 e. The zero-order valence-corrected chi connectivity index (χ0v) is 11.7. The summed E-state index contributed by atoms with van der Waals surface area (Å²) in [5.74, 6) is 0.675. The molecule has 3 heteroatoms. The van der Waals surface area contributed by atoms with Crippen LogP contribution in [0.5, 0.6) is 0 Å². The minimum absolute atomic E-state index is 0.109. The van der Waals surface area contributed by atoms with E-state index in [0.717, 1.165) is 12.1 Å². The van der Waals surface area contributed by atoms with Gasteiger partial charge in [0, 0.05) is 12.2 Å². The van der Waals surface area contributed by atoms with Crippen molar-refractivity contribution in [1.29, 1.82) is 0 Å². The normalized spacial score (nSPS) is 16.1. The maximum atomic E-state index is 11.6. The van der Waals surface area contributed by atoms with Gasteiger partial charge in [0.2, 0.25) is 0 Å². The number of nitrogens with one attached hydrogen (secondary N) is 2. The number of benzene rings is 1. The van der Waals surface area contributed by atoms with Crippen LogP contribution in [0.4, 0.5) is 10.5 Å². The molecule has 1 saturated carbocycles. The molecule has 0 spiro atoms. The second kappa shape index (κ2) is 7.17. The van der Waals surface area contributed by atoms with Gasteiger partial charge >= 0.3 is 6.03 Å². The van der Waals surface area contributed by atoms with Crippen molar-refractivity contribution in [2.45, 2.75) is 51.4 Å². The predicted molar refractivity (Wildman–Crippen MR) is 79.6 cm³/mol. The third kappa shape index (κ3) is 4.27. The molecular formula is C16H24N2O. The van der Waals surface area contributed by atoms with Crippen molar-refractivity contribution in [3.63, 3.8) is 0 Å². The molecule has 0 atom stereocenters. The van der Waals surface area contributed by atoms with Crippen LogP contribution in [0.25, 0.3) is 0 Å². The van der Waals surface area contributed by atoms with Crippen molar-refractivity contribution in [3.05, 3.63) is 29.8 Å². The zero-order valence-electron chi connectivity index (χ0n) is 11.7. The van der Waals surface area contributed by atoms with E-state index in [1.54, 1.807) is 0 Å². The van der Waals surface area contributed by atoms with Crippen LogP contribution in [-0.2, 0) is 0 Å². The lowest BCUT2D eigenvalue weighted by Gasteiger charge is -2.22. The summed E-state index contributed by atoms with van der Waals surface area (Å²) in [6.45, 7) is 2.76. The SMILES string of the molecule is CCCNC(=O)Nc1cccc(C2CCCCC2)c1. The first-order chi connectivity index (χ1) is 9.29. The van der Waals surface area contributed by atoms with Crippen LogP contribution in [0.3, 0.4) is 0 Å². The smallest absolute Gasteiger partial charge is 0.319 e. The van der Waals surface area contributed by atoms with Crippen molar-refractivity contribution < 1.29 is 4.79 Å². The van der Waals surface area contributed by atoms with Gasteiger partial charge in [0.1, 0.15) is 0 Å². The molecule has 0 saturated heterocycles. The Morgan fingerprint density at radius 2 is 2.05 bits per heavy atom. The van der Waals surface area contributed by atoms with Crippen molar-refractivity contribution in [1.82, 2.24) is 5.32 Å². The predicted octanol–water partition coefficient (Wildman–Crippen LogP) is 4.27. The monoisotopic (exact) mass is 260 g/mol. The topological polar surface area (TPSA) is 41.1 Å². The molecule has 3 nitrogen and oxygen atoms in total. The molecule has 0 aromatic heterocycles. The van der Waals surface area contributed by atoms with Crippen molar-refractivity contribution in [3.8, 4) is 0 Å². The highest BCUT2D eigenvalue weighted by Gasteiger charge is 2.15. The van der Waals surface area contributed by atoms with Crippen LogP contribution >= 0.6 is 0 Å². The Kier molecular flexibility index (Phi) is 5.25. The van der Waals surface area contributed by atoms with Gasteiger partial charge in [0.05, 0.1) is 0 Å². The standard InChI is InChI=1S/C16H24N2O/c1-2-11-17-16(19)18-15-10-6-9-14(12-15)13-7-4-3-5-8-13/h6,9-10,12-13H,2-5,7-8,11H2,1H3,(H2,17,18,19). The lowest BCUT2D eigenvalue weighted by atomic mass is 9.84. The number of rotatable bonds is 4. The summed E-state index contributed by atoms with van der Waals surface area (Å²) in [5.41, 5.74) is 2.27. The molecule has 104 valence electrons. The Bertz CT molecular complexity index is 411. The highest BCUT2D eigenvalue weighted by atomic mass is 16.2. The molecule has 0 unspecified atom stereocenters. The Morgan fingerprint density at radius 3 is 2.79 bits per heavy atom. The fourth-order valence-electron chi connectivity index (χ4n) is 2.72. The summed E-state index contributed by atoms with van der Waals surface area (Å²) < 4.78 is 0. The number of urea groups is 1. The summed E-state index contributed by atoms with van der Waals surface area (Å²) in [5, 5.41) is 5.74. The van der Waals surface area contributed by atoms with Gasteiger partial charge in [-0.1, -0.05) is 38.3 Å². The van der Waals surface area contributed by atoms with Gasteiger partial charge in [-0.05, 0) is 42.9 Å². The molecule has 1 fully saturated rings. The molecule has 0 radical (unpaired) electrons. The highest BCUT2D eigenvalue weighted by Crippen LogP contribution is 2.33. The molecule has 1 aliphatic rings. The molecule has 2 N–H and O–H groups in total. The molecule has 1 aromatic carbocycles. The Hall–Kier alpha value is -1.51. The third-order valence-corrected chi connectivity index (χ3v) is 3.76. The quantitative estimate of drug-likeness (QED) is 0.834. The summed E-state index contributed by atoms with van der Waals surface area (Å²) in [6, 6.07) is 8.20. The molecular weight excluding hydrogens is 236 g/mol. The number of hydrogen-bond donors (Lipinski definition) is 2. The van der Waals surface area contributed by atoms with Gasteiger partial charge in [-0.25, -0.2) is 4.79 Å². The molecule has 2 amide bonds. The van der Waals surface area contributed by atoms with E-state index in [1.165, 1.54) is 37.7 Å². The molecule has 19 heavy (non-hydrogen) atoms. The Balaban J connectivity index is 1.96. The van der Waals surface area contributed by atoms with Gasteiger partial charge in [0.15, 0.2) is 0 Å². The zero-order chi connectivity index (χ0) is 13.5. The number of amides is 2. The molecule has 0 heterocycles. The van der Waals surface area contributed by atoms with Crippen molar-refractivity contribution >= 4 is 11.7 Å². The number of hydrogen-bond acceptors (Lipinski definition) is 1. The van der Waals surface area contributed by atoms with Crippen LogP contribution in [0.1, 0.15) is 56.9 Å². The first kappa shape index (κ1) is 13.9. The van der Waals surface area contributed by atoms with Crippen LogP contribution in [0.15, 0.2) is 24.3 Å². The van der Waals surface area contributed by atoms with Crippen molar-refractivity contribution in [2.24, 2.45) is 0 Å². The van der Waals surface area contributed by atoms with Gasteiger partial charge < -0.3 is 10.6 Å². The van der Waals surface area contributed by atoms with E-state index in [1.807, 2.05) is 19.1 Å². The minimum Gasteiger partial charge on any atom is -0.338 e. The second-order valence-corrected chi connectivity index (χ2v) is 5.34. The van der Waals surface area contributed by atoms with Crippen molar-refractivity contribution in [2.75, 3.05) is 11.9 Å². The fraction of sp³-hybridized carbons (Fsp3) is 0.562. The fourth-order valence-corrected chi connectivity index (χ4v) is 2.72. The van der Waals surface area contributed by atoms with Gasteiger partial charge in [-0.3, -0.25) is 0 Å². The van der Waals surface area contributed by atoms with Crippen LogP contribution in [0, 0.1) is 0 Å². The number of carbonyl (C=O) groups excluding carboxylic acids is 1. The first-order valence-corrected chi connectivity index (χ1v) is 7.44. The number of carbonyl (C=O) groups is 1. The molecule has 1 aromatic rings. The lowest BCUT2D eigenvalue weighted by molar-refractivity contribution is 0.252. The van der Waals surface area contributed by atoms with Crippen LogP contribution in [-0.4, -0.2) is 12.6 Å². The lowest BCUT2D eigenvalue weighted by Crippen LogP contribution is -2.29. The average Bonchev–Trinajstić information content (AvgIpc) is 2.46. The second-order valence-electron chi connectivity index (χ2n) is 5.34. The van der Waals surface area contributed by atoms with Crippen LogP contribution in [0.2, 0.25) is 0 Å². The van der Waals surface area contributed by atoms with E-state index in [4.69, 9.17) is 0 Å². The summed E-state index contributed by atoms with van der Waals surface area (Å²) in [6.07, 6.45) is 7.55. The third-order valence-electron chi connectivity index (χ3n) is 3.76. The van der Waals surface area contributed by atoms with E-state index in [-0.39, 0.29) is 6.03 Å². The Labute approximate surface area is 115 Å². The summed E-state index contributed by atoms with van der Waals surface area (Å²) in [7, 11) is 0. The number of anilines is 1. The van der Waals surface area contributed by atoms with E-state index in [9.17, 15) is 4.79 Å². The maximum Gasteiger partial charge on any atom is 0.319 e. The van der Waals surface area contributed by atoms with Gasteiger partial charge in [0.25, 0.3) is 0 Å². The molecule has 0 aliphatic heterocycles. The molecule has 2 rings (SSSR count). The van der Waals surface area contributed by atoms with E-state index in [0.29, 0.717) is 12.5 Å². The van der Waals surface area contributed by atoms with E-state index >= 15 is 0 Å². The average molecular weight is 260 g/mol. The maximum absolute atomic E-state index is 11.6. The summed E-state index contributed by atoms with van der Waals surface area (Å²) >= 11 is 0. The van der Waals surface area contributed by atoms with Gasteiger partial charge in [-0.15, -0.1) is 0 Å². The summed E-state index contributed by atoms with van der Waals surface area (Å²) in [4.78, 5) is 11.6.